The van der Waals surface area contributed by atoms with Crippen molar-refractivity contribution in [3.8, 4) is 0 Å². The zero-order valence-corrected chi connectivity index (χ0v) is 11.6. The van der Waals surface area contributed by atoms with Crippen LogP contribution < -0.4 is 10.6 Å². The van der Waals surface area contributed by atoms with Gasteiger partial charge < -0.3 is 15.7 Å². The summed E-state index contributed by atoms with van der Waals surface area (Å²) in [6.07, 6.45) is 3.02. The topological polar surface area (TPSA) is 108 Å². The Balaban J connectivity index is 1.95. The van der Waals surface area contributed by atoms with E-state index in [0.29, 0.717) is 24.8 Å². The van der Waals surface area contributed by atoms with E-state index >= 15 is 0 Å². The zero-order valence-electron chi connectivity index (χ0n) is 11.6. The van der Waals surface area contributed by atoms with Crippen molar-refractivity contribution in [2.24, 2.45) is 5.92 Å². The molecule has 0 unspecified atom stereocenters. The van der Waals surface area contributed by atoms with E-state index in [0.717, 1.165) is 0 Å². The van der Waals surface area contributed by atoms with Crippen LogP contribution in [0.1, 0.15) is 40.1 Å². The monoisotopic (exact) mass is 291 g/mol. The number of carboxylic acids is 1. The average molecular weight is 291 g/mol. The molecule has 1 aliphatic rings. The Labute approximate surface area is 121 Å². The molecule has 0 aliphatic heterocycles. The normalized spacial score (nSPS) is 20.8. The summed E-state index contributed by atoms with van der Waals surface area (Å²) >= 11 is 0. The fourth-order valence-electron chi connectivity index (χ4n) is 2.40. The largest absolute Gasteiger partial charge is 0.481 e. The molecule has 0 bridgehead atoms. The fraction of sp³-hybridized carbons (Fsp3) is 0.429. The lowest BCUT2D eigenvalue weighted by atomic mass is 10.1. The number of rotatable bonds is 4. The van der Waals surface area contributed by atoms with Crippen molar-refractivity contribution in [1.82, 2.24) is 15.6 Å². The minimum atomic E-state index is -0.816. The molecule has 1 heterocycles. The zero-order chi connectivity index (χ0) is 15.4. The fourth-order valence-corrected chi connectivity index (χ4v) is 2.40. The van der Waals surface area contributed by atoms with Gasteiger partial charge in [0.2, 0.25) is 0 Å². The Morgan fingerprint density at radius 2 is 2.00 bits per heavy atom. The second kappa shape index (κ2) is 6.34. The van der Waals surface area contributed by atoms with E-state index < -0.39 is 5.97 Å². The van der Waals surface area contributed by atoms with Gasteiger partial charge in [-0.15, -0.1) is 0 Å². The van der Waals surface area contributed by atoms with Gasteiger partial charge in [0.15, 0.2) is 0 Å². The van der Waals surface area contributed by atoms with Crippen LogP contribution in [-0.4, -0.2) is 41.0 Å². The minimum absolute atomic E-state index is 0.128. The summed E-state index contributed by atoms with van der Waals surface area (Å²) in [5.74, 6) is -1.82. The number of hydrogen-bond acceptors (Lipinski definition) is 4. The van der Waals surface area contributed by atoms with E-state index in [4.69, 9.17) is 5.11 Å². The molecule has 7 nitrogen and oxygen atoms in total. The molecule has 2 atom stereocenters. The Morgan fingerprint density at radius 3 is 2.52 bits per heavy atom. The summed E-state index contributed by atoms with van der Waals surface area (Å²) in [7, 11) is 1.50. The van der Waals surface area contributed by atoms with E-state index in [1.807, 2.05) is 0 Å². The third kappa shape index (κ3) is 3.56. The van der Waals surface area contributed by atoms with Crippen molar-refractivity contribution in [3.05, 3.63) is 29.6 Å². The first-order valence-corrected chi connectivity index (χ1v) is 6.73. The Morgan fingerprint density at radius 1 is 1.24 bits per heavy atom. The molecule has 1 aliphatic carbocycles. The van der Waals surface area contributed by atoms with Gasteiger partial charge in [0.05, 0.1) is 11.5 Å². The molecule has 21 heavy (non-hydrogen) atoms. The molecule has 0 aromatic carbocycles. The number of pyridine rings is 1. The van der Waals surface area contributed by atoms with Gasteiger partial charge in [0.25, 0.3) is 11.8 Å². The first-order chi connectivity index (χ1) is 10.0. The first kappa shape index (κ1) is 15.0. The second-order valence-electron chi connectivity index (χ2n) is 5.03. The molecule has 3 N–H and O–H groups in total. The summed E-state index contributed by atoms with van der Waals surface area (Å²) < 4.78 is 0. The average Bonchev–Trinajstić information content (AvgIpc) is 2.95. The number of hydrogen-bond donors (Lipinski definition) is 3. The van der Waals surface area contributed by atoms with Crippen molar-refractivity contribution in [3.63, 3.8) is 0 Å². The third-order valence-electron chi connectivity index (χ3n) is 3.60. The number of carbonyl (C=O) groups is 3. The molecule has 2 rings (SSSR count). The van der Waals surface area contributed by atoms with Crippen LogP contribution in [0.25, 0.3) is 0 Å². The number of carbonyl (C=O) groups excluding carboxylic acids is 2. The maximum Gasteiger partial charge on any atom is 0.306 e. The molecule has 1 saturated carbocycles. The highest BCUT2D eigenvalue weighted by Crippen LogP contribution is 2.25. The summed E-state index contributed by atoms with van der Waals surface area (Å²) in [6, 6.07) is 2.87. The lowest BCUT2D eigenvalue weighted by Crippen LogP contribution is -2.33. The standard InChI is InChI=1S/C14H17N3O4/c1-15-13(19)11-5-3-9(7-16-11)12(18)17-10-4-2-8(6-10)14(20)21/h3,5,7-8,10H,2,4,6H2,1H3,(H,15,19)(H,17,18)(H,20,21)/t8-,10+/m0/s1. The van der Waals surface area contributed by atoms with E-state index in [2.05, 4.69) is 15.6 Å². The minimum Gasteiger partial charge on any atom is -0.481 e. The van der Waals surface area contributed by atoms with Crippen molar-refractivity contribution < 1.29 is 19.5 Å². The molecule has 1 aromatic heterocycles. The molecule has 0 spiro atoms. The third-order valence-corrected chi connectivity index (χ3v) is 3.60. The van der Waals surface area contributed by atoms with Crippen LogP contribution in [0.5, 0.6) is 0 Å². The predicted molar refractivity (Wildman–Crippen MR) is 73.9 cm³/mol. The van der Waals surface area contributed by atoms with Crippen LogP contribution in [0.15, 0.2) is 18.3 Å². The van der Waals surface area contributed by atoms with E-state index in [-0.39, 0.29) is 29.5 Å². The van der Waals surface area contributed by atoms with Crippen molar-refractivity contribution >= 4 is 17.8 Å². The number of amides is 2. The highest BCUT2D eigenvalue weighted by molar-refractivity contribution is 5.96. The number of nitrogens with zero attached hydrogens (tertiary/aromatic N) is 1. The molecular formula is C14H17N3O4. The van der Waals surface area contributed by atoms with Crippen molar-refractivity contribution in [2.75, 3.05) is 7.05 Å². The predicted octanol–water partition coefficient (Wildman–Crippen LogP) is 0.424. The van der Waals surface area contributed by atoms with E-state index in [1.54, 1.807) is 0 Å². The maximum absolute atomic E-state index is 12.0. The molecule has 1 aromatic rings. The second-order valence-corrected chi connectivity index (χ2v) is 5.03. The van der Waals surface area contributed by atoms with Gasteiger partial charge in [-0.2, -0.15) is 0 Å². The molecular weight excluding hydrogens is 274 g/mol. The van der Waals surface area contributed by atoms with Gasteiger partial charge in [0, 0.05) is 19.3 Å². The summed E-state index contributed by atoms with van der Waals surface area (Å²) in [4.78, 5) is 38.2. The van der Waals surface area contributed by atoms with Crippen LogP contribution >= 0.6 is 0 Å². The molecule has 7 heteroatoms. The Bertz CT molecular complexity index is 556. The molecule has 112 valence electrons. The number of aliphatic carboxylic acids is 1. The maximum atomic E-state index is 12.0. The van der Waals surface area contributed by atoms with Gasteiger partial charge >= 0.3 is 5.97 Å². The van der Waals surface area contributed by atoms with E-state index in [1.165, 1.54) is 25.4 Å². The highest BCUT2D eigenvalue weighted by atomic mass is 16.4. The Hall–Kier alpha value is -2.44. The van der Waals surface area contributed by atoms with Crippen molar-refractivity contribution in [1.29, 1.82) is 0 Å². The van der Waals surface area contributed by atoms with Gasteiger partial charge in [0.1, 0.15) is 5.69 Å². The smallest absolute Gasteiger partial charge is 0.306 e. The summed E-state index contributed by atoms with van der Waals surface area (Å²) in [6.45, 7) is 0. The van der Waals surface area contributed by atoms with Crippen LogP contribution in [0, 0.1) is 5.92 Å². The molecule has 0 radical (unpaired) electrons. The highest BCUT2D eigenvalue weighted by Gasteiger charge is 2.30. The quantitative estimate of drug-likeness (QED) is 0.745. The van der Waals surface area contributed by atoms with Crippen LogP contribution in [-0.2, 0) is 4.79 Å². The van der Waals surface area contributed by atoms with Gasteiger partial charge in [-0.1, -0.05) is 0 Å². The molecule has 2 amide bonds. The van der Waals surface area contributed by atoms with Crippen LogP contribution in [0.2, 0.25) is 0 Å². The first-order valence-electron chi connectivity index (χ1n) is 6.73. The number of nitrogens with one attached hydrogen (secondary N) is 2. The molecule has 1 fully saturated rings. The SMILES string of the molecule is CNC(=O)c1ccc(C(=O)N[C@@H]2CC[C@H](C(=O)O)C2)cn1. The number of carboxylic acid groups (broad SMARTS) is 1. The Kier molecular flexibility index (Phi) is 4.52. The lowest BCUT2D eigenvalue weighted by molar-refractivity contribution is -0.141. The van der Waals surface area contributed by atoms with Crippen molar-refractivity contribution in [2.45, 2.75) is 25.3 Å². The lowest BCUT2D eigenvalue weighted by Gasteiger charge is -2.12. The molecule has 0 saturated heterocycles. The van der Waals surface area contributed by atoms with Crippen LogP contribution in [0.4, 0.5) is 0 Å². The van der Waals surface area contributed by atoms with E-state index in [9.17, 15) is 14.4 Å². The van der Waals surface area contributed by atoms with Gasteiger partial charge in [-0.25, -0.2) is 0 Å². The summed E-state index contributed by atoms with van der Waals surface area (Å²) in [5, 5.41) is 14.2. The number of aromatic nitrogens is 1. The van der Waals surface area contributed by atoms with Gasteiger partial charge in [-0.05, 0) is 31.4 Å². The van der Waals surface area contributed by atoms with Crippen LogP contribution in [0.3, 0.4) is 0 Å². The summed E-state index contributed by atoms with van der Waals surface area (Å²) in [5.41, 5.74) is 0.585. The van der Waals surface area contributed by atoms with Gasteiger partial charge in [-0.3, -0.25) is 19.4 Å².